The van der Waals surface area contributed by atoms with Crippen LogP contribution in [0.15, 0.2) is 6.07 Å². The van der Waals surface area contributed by atoms with Gasteiger partial charge in [0.25, 0.3) is 0 Å². The Morgan fingerprint density at radius 1 is 1.33 bits per heavy atom. The minimum atomic E-state index is 0.521. The molecule has 2 fully saturated rings. The van der Waals surface area contributed by atoms with Gasteiger partial charge in [-0.25, -0.2) is 4.98 Å². The number of hydrogen-bond donors (Lipinski definition) is 1. The van der Waals surface area contributed by atoms with Crippen LogP contribution in [-0.4, -0.2) is 53.1 Å². The fourth-order valence-electron chi connectivity index (χ4n) is 3.52. The van der Waals surface area contributed by atoms with Crippen LogP contribution in [0.25, 0.3) is 0 Å². The molecule has 3 heterocycles. The highest BCUT2D eigenvalue weighted by molar-refractivity contribution is 5.46. The van der Waals surface area contributed by atoms with Gasteiger partial charge in [-0.15, -0.1) is 0 Å². The quantitative estimate of drug-likeness (QED) is 0.921. The van der Waals surface area contributed by atoms with E-state index in [-0.39, 0.29) is 0 Å². The van der Waals surface area contributed by atoms with Crippen molar-refractivity contribution < 1.29 is 0 Å². The maximum absolute atomic E-state index is 4.74. The first kappa shape index (κ1) is 14.6. The molecule has 2 aliphatic rings. The maximum atomic E-state index is 4.74. The lowest BCUT2D eigenvalue weighted by atomic mass is 10.1. The number of fused-ring (bicyclic) bond motifs is 1. The van der Waals surface area contributed by atoms with Gasteiger partial charge in [0.1, 0.15) is 5.82 Å². The normalized spacial score (nSPS) is 26.0. The van der Waals surface area contributed by atoms with Gasteiger partial charge < -0.3 is 10.2 Å². The standard InChI is InChI=1S/C16H27N5/c1-4-7-17-16-18-12(2)9-15(19-16)21-11-14-6-5-8-20(14)10-13(21)3/h9,13-14H,4-8,10-11H2,1-3H3,(H,17,18,19). The second-order valence-corrected chi connectivity index (χ2v) is 6.41. The minimum Gasteiger partial charge on any atom is -0.354 e. The molecule has 5 nitrogen and oxygen atoms in total. The van der Waals surface area contributed by atoms with E-state index in [0.717, 1.165) is 43.5 Å². The maximum Gasteiger partial charge on any atom is 0.224 e. The third-order valence-electron chi connectivity index (χ3n) is 4.61. The van der Waals surface area contributed by atoms with Gasteiger partial charge in [-0.2, -0.15) is 4.98 Å². The number of aryl methyl sites for hydroxylation is 1. The van der Waals surface area contributed by atoms with Crippen LogP contribution in [-0.2, 0) is 0 Å². The molecule has 21 heavy (non-hydrogen) atoms. The summed E-state index contributed by atoms with van der Waals surface area (Å²) in [5.74, 6) is 1.85. The SMILES string of the molecule is CCCNc1nc(C)cc(N2CC3CCCN3CC2C)n1. The lowest BCUT2D eigenvalue weighted by Crippen LogP contribution is -2.55. The highest BCUT2D eigenvalue weighted by atomic mass is 15.3. The van der Waals surface area contributed by atoms with Crippen molar-refractivity contribution in [3.63, 3.8) is 0 Å². The lowest BCUT2D eigenvalue weighted by Gasteiger charge is -2.43. The van der Waals surface area contributed by atoms with Gasteiger partial charge in [-0.3, -0.25) is 4.90 Å². The molecule has 1 aromatic heterocycles. The predicted molar refractivity (Wildman–Crippen MR) is 87.0 cm³/mol. The van der Waals surface area contributed by atoms with E-state index < -0.39 is 0 Å². The second-order valence-electron chi connectivity index (χ2n) is 6.41. The molecule has 3 rings (SSSR count). The van der Waals surface area contributed by atoms with E-state index in [0.29, 0.717) is 12.1 Å². The smallest absolute Gasteiger partial charge is 0.224 e. The summed E-state index contributed by atoms with van der Waals surface area (Å²) in [6.07, 6.45) is 3.76. The monoisotopic (exact) mass is 289 g/mol. The highest BCUT2D eigenvalue weighted by Gasteiger charge is 2.35. The molecule has 0 aliphatic carbocycles. The zero-order valence-corrected chi connectivity index (χ0v) is 13.5. The Bertz CT molecular complexity index is 490. The van der Waals surface area contributed by atoms with Crippen LogP contribution in [0.1, 0.15) is 38.8 Å². The molecule has 0 amide bonds. The largest absolute Gasteiger partial charge is 0.354 e. The highest BCUT2D eigenvalue weighted by Crippen LogP contribution is 2.28. The molecule has 5 heteroatoms. The van der Waals surface area contributed by atoms with Crippen LogP contribution in [0.5, 0.6) is 0 Å². The first-order valence-electron chi connectivity index (χ1n) is 8.27. The molecule has 0 bridgehead atoms. The molecule has 0 saturated carbocycles. The number of nitrogens with one attached hydrogen (secondary N) is 1. The molecule has 2 aliphatic heterocycles. The van der Waals surface area contributed by atoms with E-state index in [9.17, 15) is 0 Å². The molecule has 2 unspecified atom stereocenters. The molecule has 0 spiro atoms. The van der Waals surface area contributed by atoms with Crippen LogP contribution in [0.2, 0.25) is 0 Å². The fraction of sp³-hybridized carbons (Fsp3) is 0.750. The van der Waals surface area contributed by atoms with E-state index in [1.807, 2.05) is 0 Å². The van der Waals surface area contributed by atoms with Gasteiger partial charge >= 0.3 is 0 Å². The Morgan fingerprint density at radius 2 is 2.19 bits per heavy atom. The van der Waals surface area contributed by atoms with E-state index in [2.05, 4.69) is 46.9 Å². The van der Waals surface area contributed by atoms with Crippen LogP contribution in [0.3, 0.4) is 0 Å². The zero-order valence-electron chi connectivity index (χ0n) is 13.5. The summed E-state index contributed by atoms with van der Waals surface area (Å²) in [4.78, 5) is 14.4. The van der Waals surface area contributed by atoms with Crippen LogP contribution in [0.4, 0.5) is 11.8 Å². The third-order valence-corrected chi connectivity index (χ3v) is 4.61. The topological polar surface area (TPSA) is 44.3 Å². The molecule has 1 N–H and O–H groups in total. The van der Waals surface area contributed by atoms with Gasteiger partial charge in [0.15, 0.2) is 0 Å². The Morgan fingerprint density at radius 3 is 3.00 bits per heavy atom. The Kier molecular flexibility index (Phi) is 4.29. The van der Waals surface area contributed by atoms with E-state index in [1.165, 1.54) is 19.4 Å². The van der Waals surface area contributed by atoms with Gasteiger partial charge in [-0.1, -0.05) is 6.92 Å². The molecule has 2 atom stereocenters. The molecule has 1 aromatic rings. The van der Waals surface area contributed by atoms with Gasteiger partial charge in [-0.05, 0) is 39.7 Å². The van der Waals surface area contributed by atoms with E-state index in [4.69, 9.17) is 4.98 Å². The number of rotatable bonds is 4. The predicted octanol–water partition coefficient (Wildman–Crippen LogP) is 2.28. The second kappa shape index (κ2) is 6.18. The molecule has 0 radical (unpaired) electrons. The van der Waals surface area contributed by atoms with Crippen molar-refractivity contribution >= 4 is 11.8 Å². The summed E-state index contributed by atoms with van der Waals surface area (Å²) in [6, 6.07) is 3.36. The Balaban J connectivity index is 1.80. The summed E-state index contributed by atoms with van der Waals surface area (Å²) in [7, 11) is 0. The van der Waals surface area contributed by atoms with Crippen molar-refractivity contribution in [3.05, 3.63) is 11.8 Å². The number of aromatic nitrogens is 2. The number of anilines is 2. The van der Waals surface area contributed by atoms with Crippen molar-refractivity contribution in [1.82, 2.24) is 14.9 Å². The Labute approximate surface area is 127 Å². The van der Waals surface area contributed by atoms with Crippen molar-refractivity contribution in [2.24, 2.45) is 0 Å². The molecule has 2 saturated heterocycles. The first-order chi connectivity index (χ1) is 10.2. The first-order valence-corrected chi connectivity index (χ1v) is 8.27. The van der Waals surface area contributed by atoms with Crippen molar-refractivity contribution in [3.8, 4) is 0 Å². The average Bonchev–Trinajstić information content (AvgIpc) is 2.90. The van der Waals surface area contributed by atoms with Crippen LogP contribution in [0, 0.1) is 6.92 Å². The summed E-state index contributed by atoms with van der Waals surface area (Å²) in [5.41, 5.74) is 1.04. The molecule has 116 valence electrons. The molecule has 0 aromatic carbocycles. The average molecular weight is 289 g/mol. The summed E-state index contributed by atoms with van der Waals surface area (Å²) < 4.78 is 0. The minimum absolute atomic E-state index is 0.521. The molecular weight excluding hydrogens is 262 g/mol. The number of nitrogens with zero attached hydrogens (tertiary/aromatic N) is 4. The Hall–Kier alpha value is -1.36. The van der Waals surface area contributed by atoms with E-state index in [1.54, 1.807) is 0 Å². The van der Waals surface area contributed by atoms with Crippen molar-refractivity contribution in [2.75, 3.05) is 36.4 Å². The van der Waals surface area contributed by atoms with Gasteiger partial charge in [0, 0.05) is 43.5 Å². The summed E-state index contributed by atoms with van der Waals surface area (Å²) in [5, 5.41) is 3.32. The van der Waals surface area contributed by atoms with Gasteiger partial charge in [0.05, 0.1) is 0 Å². The zero-order chi connectivity index (χ0) is 14.8. The summed E-state index contributed by atoms with van der Waals surface area (Å²) >= 11 is 0. The van der Waals surface area contributed by atoms with E-state index >= 15 is 0 Å². The van der Waals surface area contributed by atoms with Crippen molar-refractivity contribution in [1.29, 1.82) is 0 Å². The lowest BCUT2D eigenvalue weighted by molar-refractivity contribution is 0.202. The molecular formula is C16H27N5. The number of hydrogen-bond acceptors (Lipinski definition) is 5. The fourth-order valence-corrected chi connectivity index (χ4v) is 3.52. The summed E-state index contributed by atoms with van der Waals surface area (Å²) in [6.45, 7) is 11.0. The van der Waals surface area contributed by atoms with Crippen molar-refractivity contribution in [2.45, 2.75) is 52.1 Å². The number of piperazine rings is 1. The third kappa shape index (κ3) is 3.12. The van der Waals surface area contributed by atoms with Crippen LogP contribution < -0.4 is 10.2 Å². The van der Waals surface area contributed by atoms with Gasteiger partial charge in [0.2, 0.25) is 5.95 Å². The van der Waals surface area contributed by atoms with Crippen LogP contribution >= 0.6 is 0 Å².